The van der Waals surface area contributed by atoms with Crippen molar-refractivity contribution in [1.82, 2.24) is 0 Å². The fraction of sp³-hybridized carbons (Fsp3) is 1.00. The molecule has 0 aromatic heterocycles. The second kappa shape index (κ2) is 21.1. The molecule has 10 rings (SSSR count). The van der Waals surface area contributed by atoms with Crippen LogP contribution in [0.1, 0.15) is 91.9 Å². The van der Waals surface area contributed by atoms with Crippen LogP contribution in [0.3, 0.4) is 0 Å². The van der Waals surface area contributed by atoms with Crippen LogP contribution in [0.5, 0.6) is 0 Å². The van der Waals surface area contributed by atoms with Crippen molar-refractivity contribution in [1.29, 1.82) is 0 Å². The average molecular weight is 1040 g/mol. The minimum Gasteiger partial charge on any atom is -0.394 e. The van der Waals surface area contributed by atoms with Gasteiger partial charge in [0, 0.05) is 12.3 Å². The highest BCUT2D eigenvalue weighted by Gasteiger charge is 2.69. The lowest BCUT2D eigenvalue weighted by Gasteiger charge is -2.61. The molecule has 22 heteroatoms. The Morgan fingerprint density at radius 1 is 0.514 bits per heavy atom. The Morgan fingerprint density at radius 2 is 1.14 bits per heavy atom. The van der Waals surface area contributed by atoms with Gasteiger partial charge in [0.25, 0.3) is 0 Å². The summed E-state index contributed by atoms with van der Waals surface area (Å²) in [5.41, 5.74) is 0.293. The molecular formula is C50H82O22. The first-order valence-corrected chi connectivity index (χ1v) is 26.7. The second-order valence-electron chi connectivity index (χ2n) is 23.9. The minimum atomic E-state index is -2.00. The molecule has 31 atom stereocenters. The third kappa shape index (κ3) is 9.26. The van der Waals surface area contributed by atoms with Gasteiger partial charge in [0.1, 0.15) is 91.6 Å². The maximum atomic E-state index is 11.8. The van der Waals surface area contributed by atoms with Crippen molar-refractivity contribution in [2.75, 3.05) is 33.0 Å². The van der Waals surface area contributed by atoms with Crippen LogP contribution in [0.25, 0.3) is 0 Å². The van der Waals surface area contributed by atoms with E-state index in [1.54, 1.807) is 0 Å². The molecule has 12 N–H and O–H groups in total. The van der Waals surface area contributed by atoms with E-state index in [1.165, 1.54) is 12.8 Å². The van der Waals surface area contributed by atoms with Gasteiger partial charge < -0.3 is 109 Å². The largest absolute Gasteiger partial charge is 0.394 e. The molecule has 10 aliphatic rings. The van der Waals surface area contributed by atoms with Crippen LogP contribution in [0, 0.1) is 52.3 Å². The molecule has 0 bridgehead atoms. The van der Waals surface area contributed by atoms with Gasteiger partial charge in [0.15, 0.2) is 30.9 Å². The quantitative estimate of drug-likeness (QED) is 0.0971. The van der Waals surface area contributed by atoms with Crippen LogP contribution >= 0.6 is 0 Å². The minimum absolute atomic E-state index is 0.0916. The summed E-state index contributed by atoms with van der Waals surface area (Å²) >= 11 is 0. The van der Waals surface area contributed by atoms with E-state index in [-0.39, 0.29) is 23.0 Å². The van der Waals surface area contributed by atoms with Gasteiger partial charge in [-0.05, 0) is 104 Å². The van der Waals surface area contributed by atoms with Crippen LogP contribution < -0.4 is 0 Å². The number of fused-ring (bicyclic) bond motifs is 7. The highest BCUT2D eigenvalue weighted by molar-refractivity contribution is 5.15. The molecule has 72 heavy (non-hydrogen) atoms. The van der Waals surface area contributed by atoms with E-state index >= 15 is 0 Å². The third-order valence-corrected chi connectivity index (χ3v) is 20.0. The van der Waals surface area contributed by atoms with Gasteiger partial charge in [-0.15, -0.1) is 0 Å². The van der Waals surface area contributed by atoms with E-state index in [1.807, 2.05) is 0 Å². The van der Waals surface area contributed by atoms with Crippen molar-refractivity contribution in [2.45, 2.75) is 227 Å². The van der Waals surface area contributed by atoms with Crippen LogP contribution in [0.15, 0.2) is 0 Å². The predicted octanol–water partition coefficient (Wildman–Crippen LogP) is -2.27. The number of ether oxygens (including phenoxy) is 10. The van der Waals surface area contributed by atoms with Crippen molar-refractivity contribution < 1.29 is 109 Å². The van der Waals surface area contributed by atoms with Crippen LogP contribution in [0.4, 0.5) is 0 Å². The van der Waals surface area contributed by atoms with Gasteiger partial charge in [0.2, 0.25) is 0 Å². The SMILES string of the molecule is C[C@@H]1CC[C@@]2(OC1)O[C@@H]1C[C@H]3[C@@H]4CC[C@H]5C[C@H](O[C@H]6O[C@@H](CO)[C@H](O[C@H]7O[C@@H](CO)[C@H](O)[C@@H](O[C@H]8OC[C@H](O)[C@@H](O)[C@@H]8O)[C@@H]7O[C@H]7O[C@@H](CO)[C@H](O)[C@@H](O)[C@@H]7O)[C@@H](O)[C@@H]6O)CC[C@@]5(C)[C@H]4CC[C@@]3(C)[C@@H]1[C@H]2C. The highest BCUT2D eigenvalue weighted by atomic mass is 16.8. The summed E-state index contributed by atoms with van der Waals surface area (Å²) in [6.07, 6.45) is -22.9. The topological polar surface area (TPSA) is 335 Å². The average Bonchev–Trinajstić information content (AvgIpc) is 3.82. The molecule has 10 fully saturated rings. The number of hydrogen-bond donors (Lipinski definition) is 12. The zero-order chi connectivity index (χ0) is 51.3. The molecular weight excluding hydrogens is 953 g/mol. The van der Waals surface area contributed by atoms with E-state index in [4.69, 9.17) is 47.4 Å². The summed E-state index contributed by atoms with van der Waals surface area (Å²) in [5.74, 6) is 3.06. The molecule has 0 aromatic rings. The van der Waals surface area contributed by atoms with Crippen molar-refractivity contribution in [2.24, 2.45) is 52.3 Å². The van der Waals surface area contributed by atoms with Gasteiger partial charge in [0.05, 0.1) is 45.2 Å². The van der Waals surface area contributed by atoms with Gasteiger partial charge in [-0.3, -0.25) is 0 Å². The first-order chi connectivity index (χ1) is 34.3. The predicted molar refractivity (Wildman–Crippen MR) is 242 cm³/mol. The Kier molecular flexibility index (Phi) is 15.9. The van der Waals surface area contributed by atoms with Crippen molar-refractivity contribution in [3.8, 4) is 0 Å². The van der Waals surface area contributed by atoms with Crippen LogP contribution in [-0.4, -0.2) is 229 Å². The fourth-order valence-electron chi connectivity index (χ4n) is 15.9. The normalized spacial score (nSPS) is 57.8. The van der Waals surface area contributed by atoms with E-state index in [2.05, 4.69) is 27.7 Å². The summed E-state index contributed by atoms with van der Waals surface area (Å²) in [7, 11) is 0. The Balaban J connectivity index is 0.812. The Morgan fingerprint density at radius 3 is 1.85 bits per heavy atom. The summed E-state index contributed by atoms with van der Waals surface area (Å²) in [4.78, 5) is 0. The molecule has 4 saturated carbocycles. The first-order valence-electron chi connectivity index (χ1n) is 26.7. The first kappa shape index (κ1) is 54.5. The molecule has 22 nitrogen and oxygen atoms in total. The zero-order valence-corrected chi connectivity index (χ0v) is 41.7. The molecule has 6 saturated heterocycles. The second-order valence-corrected chi connectivity index (χ2v) is 23.9. The number of rotatable bonds is 11. The third-order valence-electron chi connectivity index (χ3n) is 20.0. The molecule has 0 radical (unpaired) electrons. The van der Waals surface area contributed by atoms with Gasteiger partial charge >= 0.3 is 0 Å². The summed E-state index contributed by atoms with van der Waals surface area (Å²) < 4.78 is 61.4. The summed E-state index contributed by atoms with van der Waals surface area (Å²) in [6, 6.07) is 0. The van der Waals surface area contributed by atoms with Crippen molar-refractivity contribution in [3.63, 3.8) is 0 Å². The maximum Gasteiger partial charge on any atom is 0.187 e. The highest BCUT2D eigenvalue weighted by Crippen LogP contribution is 2.71. The van der Waals surface area contributed by atoms with Gasteiger partial charge in [-0.1, -0.05) is 27.7 Å². The molecule has 414 valence electrons. The lowest BCUT2D eigenvalue weighted by Crippen LogP contribution is -2.68. The maximum absolute atomic E-state index is 11.8. The Hall–Kier alpha value is -0.880. The number of hydrogen-bond acceptors (Lipinski definition) is 22. The standard InChI is InChI=1S/C50H82O22/c1-20-7-12-50(64-18-20)21(2)32-28(72-50)14-26-24-6-5-22-13-23(8-10-48(22,3)25(24)9-11-49(26,32)4)65-45-40(62)37(59)41(31(17-53)68-45)69-47-43(71-46-39(61)36(58)34(56)29(15-51)66-46)42(35(57)30(16-52)67-47)70-44-38(60)33(55)27(54)19-63-44/h20-47,51-62H,5-19H2,1-4H3/t20-,21-,22+,23-,24-,25+,26+,27+,28-,29+,30+,31+,32-,33-,34+,35+,36-,37+,38+,39+,40+,41+,42-,43+,44-,45+,46-,47-,48-,49-,50-/m1/s1. The molecule has 1 spiro atoms. The zero-order valence-electron chi connectivity index (χ0n) is 41.7. The summed E-state index contributed by atoms with van der Waals surface area (Å²) in [6.45, 7) is 7.42. The lowest BCUT2D eigenvalue weighted by atomic mass is 9.44. The van der Waals surface area contributed by atoms with Crippen LogP contribution in [-0.2, 0) is 47.4 Å². The molecule has 0 aromatic carbocycles. The lowest BCUT2D eigenvalue weighted by molar-refractivity contribution is -0.404. The number of aliphatic hydroxyl groups is 12. The van der Waals surface area contributed by atoms with Gasteiger partial charge in [-0.25, -0.2) is 0 Å². The van der Waals surface area contributed by atoms with Crippen molar-refractivity contribution in [3.05, 3.63) is 0 Å². The Labute approximate surface area is 419 Å². The molecule has 0 amide bonds. The molecule has 0 unspecified atom stereocenters. The van der Waals surface area contributed by atoms with Crippen molar-refractivity contribution >= 4 is 0 Å². The molecule has 4 aliphatic carbocycles. The smallest absolute Gasteiger partial charge is 0.187 e. The fourth-order valence-corrected chi connectivity index (χ4v) is 15.9. The van der Waals surface area contributed by atoms with E-state index in [0.717, 1.165) is 51.6 Å². The molecule has 6 heterocycles. The van der Waals surface area contributed by atoms with Gasteiger partial charge in [-0.2, -0.15) is 0 Å². The monoisotopic (exact) mass is 1030 g/mol. The van der Waals surface area contributed by atoms with Crippen LogP contribution in [0.2, 0.25) is 0 Å². The van der Waals surface area contributed by atoms with E-state index in [9.17, 15) is 61.3 Å². The molecule has 6 aliphatic heterocycles. The van der Waals surface area contributed by atoms with E-state index in [0.29, 0.717) is 47.8 Å². The summed E-state index contributed by atoms with van der Waals surface area (Å²) in [5, 5.41) is 129. The van der Waals surface area contributed by atoms with E-state index < -0.39 is 149 Å². The Bertz CT molecular complexity index is 1830. The number of aliphatic hydroxyl groups excluding tert-OH is 12.